The molecule has 1 saturated carbocycles. The van der Waals surface area contributed by atoms with Gasteiger partial charge in [0.15, 0.2) is 0 Å². The van der Waals surface area contributed by atoms with Gasteiger partial charge in [-0.2, -0.15) is 0 Å². The van der Waals surface area contributed by atoms with Crippen LogP contribution < -0.4 is 0 Å². The van der Waals surface area contributed by atoms with Crippen molar-refractivity contribution in [2.24, 2.45) is 10.9 Å². The van der Waals surface area contributed by atoms with E-state index in [1.807, 2.05) is 0 Å². The summed E-state index contributed by atoms with van der Waals surface area (Å²) < 4.78 is 0. The molecule has 0 N–H and O–H groups in total. The van der Waals surface area contributed by atoms with E-state index in [4.69, 9.17) is 4.99 Å². The van der Waals surface area contributed by atoms with Gasteiger partial charge in [-0.1, -0.05) is 43.7 Å². The molecule has 0 saturated heterocycles. The molecule has 16 heavy (non-hydrogen) atoms. The number of rotatable bonds is 2. The quantitative estimate of drug-likeness (QED) is 0.693. The van der Waals surface area contributed by atoms with E-state index in [2.05, 4.69) is 44.2 Å². The van der Waals surface area contributed by atoms with Crippen molar-refractivity contribution in [1.82, 2.24) is 0 Å². The van der Waals surface area contributed by atoms with Gasteiger partial charge in [-0.05, 0) is 37.7 Å². The van der Waals surface area contributed by atoms with Crippen LogP contribution in [0.3, 0.4) is 0 Å². The highest BCUT2D eigenvalue weighted by Crippen LogP contribution is 2.25. The van der Waals surface area contributed by atoms with Crippen LogP contribution in [0.15, 0.2) is 35.3 Å². The predicted octanol–water partition coefficient (Wildman–Crippen LogP) is 4.40. The number of hydrogen-bond acceptors (Lipinski definition) is 1. The van der Waals surface area contributed by atoms with E-state index in [-0.39, 0.29) is 0 Å². The Morgan fingerprint density at radius 3 is 2.62 bits per heavy atom. The lowest BCUT2D eigenvalue weighted by Crippen LogP contribution is -2.17. The summed E-state index contributed by atoms with van der Waals surface area (Å²) in [6.07, 6.45) is 5.23. The van der Waals surface area contributed by atoms with E-state index in [1.165, 1.54) is 37.0 Å². The molecule has 1 fully saturated rings. The Kier molecular flexibility index (Phi) is 3.76. The Bertz CT molecular complexity index is 353. The lowest BCUT2D eigenvalue weighted by Gasteiger charge is -2.22. The number of hydrogen-bond donors (Lipinski definition) is 0. The molecular formula is C15H21N. The van der Waals surface area contributed by atoms with Crippen LogP contribution in [0.1, 0.15) is 51.1 Å². The van der Waals surface area contributed by atoms with Crippen molar-refractivity contribution >= 4 is 5.71 Å². The lowest BCUT2D eigenvalue weighted by atomic mass is 9.88. The van der Waals surface area contributed by atoms with Crippen LogP contribution in [0.25, 0.3) is 0 Å². The van der Waals surface area contributed by atoms with Gasteiger partial charge in [0.1, 0.15) is 0 Å². The summed E-state index contributed by atoms with van der Waals surface area (Å²) in [7, 11) is 0. The zero-order chi connectivity index (χ0) is 11.4. The first-order valence-electron chi connectivity index (χ1n) is 6.39. The van der Waals surface area contributed by atoms with Gasteiger partial charge in [-0.25, -0.2) is 0 Å². The Morgan fingerprint density at radius 2 is 1.94 bits per heavy atom. The minimum Gasteiger partial charge on any atom is -0.286 e. The highest BCUT2D eigenvalue weighted by atomic mass is 14.8. The van der Waals surface area contributed by atoms with Crippen molar-refractivity contribution in [3.05, 3.63) is 35.9 Å². The van der Waals surface area contributed by atoms with Gasteiger partial charge < -0.3 is 0 Å². The first-order chi connectivity index (χ1) is 7.77. The van der Waals surface area contributed by atoms with Crippen LogP contribution in [0.2, 0.25) is 0 Å². The maximum Gasteiger partial charge on any atom is 0.0720 e. The van der Waals surface area contributed by atoms with Crippen LogP contribution >= 0.6 is 0 Å². The molecule has 1 aliphatic carbocycles. The molecule has 0 spiro atoms. The van der Waals surface area contributed by atoms with Crippen LogP contribution in [0.4, 0.5) is 0 Å². The van der Waals surface area contributed by atoms with Crippen LogP contribution in [0, 0.1) is 5.92 Å². The zero-order valence-corrected chi connectivity index (χ0v) is 10.3. The average Bonchev–Trinajstić information content (AvgIpc) is 2.33. The highest BCUT2D eigenvalue weighted by molar-refractivity contribution is 5.87. The molecule has 0 amide bonds. The van der Waals surface area contributed by atoms with Crippen LogP contribution in [-0.2, 0) is 0 Å². The fourth-order valence-corrected chi connectivity index (χ4v) is 2.42. The summed E-state index contributed by atoms with van der Waals surface area (Å²) in [4.78, 5) is 4.90. The third-order valence-electron chi connectivity index (χ3n) is 3.53. The van der Waals surface area contributed by atoms with E-state index >= 15 is 0 Å². The highest BCUT2D eigenvalue weighted by Gasteiger charge is 2.16. The van der Waals surface area contributed by atoms with Crippen molar-refractivity contribution in [1.29, 1.82) is 0 Å². The molecule has 0 bridgehead atoms. The zero-order valence-electron chi connectivity index (χ0n) is 10.3. The van der Waals surface area contributed by atoms with Crippen molar-refractivity contribution < 1.29 is 0 Å². The summed E-state index contributed by atoms with van der Waals surface area (Å²) in [6.45, 7) is 4.51. The molecule has 1 aromatic rings. The largest absolute Gasteiger partial charge is 0.286 e. The minimum absolute atomic E-state index is 0.316. The summed E-state index contributed by atoms with van der Waals surface area (Å²) in [5.41, 5.74) is 2.76. The van der Waals surface area contributed by atoms with Gasteiger partial charge in [0.25, 0.3) is 0 Å². The molecule has 1 aliphatic rings. The van der Waals surface area contributed by atoms with E-state index in [0.717, 1.165) is 0 Å². The second-order valence-corrected chi connectivity index (χ2v) is 4.85. The summed E-state index contributed by atoms with van der Waals surface area (Å²) in [5, 5.41) is 0. The van der Waals surface area contributed by atoms with Crippen molar-refractivity contribution in [2.45, 2.75) is 45.6 Å². The van der Waals surface area contributed by atoms with E-state index in [9.17, 15) is 0 Å². The number of benzene rings is 1. The first kappa shape index (κ1) is 11.4. The number of aliphatic imine (C=N–C) groups is 1. The number of nitrogens with zero attached hydrogens (tertiary/aromatic N) is 1. The third-order valence-corrected chi connectivity index (χ3v) is 3.53. The maximum absolute atomic E-state index is 4.90. The minimum atomic E-state index is 0.316. The summed E-state index contributed by atoms with van der Waals surface area (Å²) in [6, 6.07) is 10.9. The Hall–Kier alpha value is -1.11. The molecule has 0 radical (unpaired) electrons. The molecule has 2 unspecified atom stereocenters. The molecular weight excluding hydrogens is 194 g/mol. The molecule has 0 aromatic heterocycles. The summed E-state index contributed by atoms with van der Waals surface area (Å²) >= 11 is 0. The smallest absolute Gasteiger partial charge is 0.0720 e. The van der Waals surface area contributed by atoms with Crippen molar-refractivity contribution in [2.75, 3.05) is 0 Å². The lowest BCUT2D eigenvalue weighted by molar-refractivity contribution is 0.552. The normalized spacial score (nSPS) is 25.6. The van der Waals surface area contributed by atoms with Crippen molar-refractivity contribution in [3.8, 4) is 0 Å². The van der Waals surface area contributed by atoms with Gasteiger partial charge in [-0.15, -0.1) is 0 Å². The van der Waals surface area contributed by atoms with Crippen molar-refractivity contribution in [3.63, 3.8) is 0 Å². The van der Waals surface area contributed by atoms with E-state index in [0.29, 0.717) is 12.0 Å². The fourth-order valence-electron chi connectivity index (χ4n) is 2.42. The Labute approximate surface area is 98.6 Å². The molecule has 2 atom stereocenters. The second kappa shape index (κ2) is 5.29. The predicted molar refractivity (Wildman–Crippen MR) is 69.9 cm³/mol. The van der Waals surface area contributed by atoms with Crippen LogP contribution in [-0.4, -0.2) is 5.71 Å². The summed E-state index contributed by atoms with van der Waals surface area (Å²) in [5.74, 6) is 0.694. The Balaban J connectivity index is 2.10. The van der Waals surface area contributed by atoms with Gasteiger partial charge in [0, 0.05) is 5.71 Å². The molecule has 1 nitrogen and oxygen atoms in total. The second-order valence-electron chi connectivity index (χ2n) is 4.85. The topological polar surface area (TPSA) is 12.4 Å². The average molecular weight is 215 g/mol. The van der Waals surface area contributed by atoms with Gasteiger partial charge in [-0.3, -0.25) is 4.99 Å². The fraction of sp³-hybridized carbons (Fsp3) is 0.533. The monoisotopic (exact) mass is 215 g/mol. The molecule has 2 rings (SSSR count). The van der Waals surface area contributed by atoms with Gasteiger partial charge in [0.2, 0.25) is 0 Å². The van der Waals surface area contributed by atoms with E-state index < -0.39 is 0 Å². The standard InChI is InChI=1S/C15H21N/c1-12-8-6-7-11-15(12)16-13(2)14-9-4-3-5-10-14/h3-5,9-10,12-13H,6-8,11H2,1-2H3. The van der Waals surface area contributed by atoms with Crippen LogP contribution in [0.5, 0.6) is 0 Å². The molecule has 0 aliphatic heterocycles. The SMILES string of the molecule is CC1CCCCC1=NC(C)c1ccccc1. The molecule has 1 aromatic carbocycles. The van der Waals surface area contributed by atoms with Gasteiger partial charge in [0.05, 0.1) is 6.04 Å². The molecule has 1 heteroatoms. The first-order valence-corrected chi connectivity index (χ1v) is 6.39. The molecule has 0 heterocycles. The Morgan fingerprint density at radius 1 is 1.19 bits per heavy atom. The molecule has 86 valence electrons. The third kappa shape index (κ3) is 2.72. The van der Waals surface area contributed by atoms with Gasteiger partial charge >= 0.3 is 0 Å². The maximum atomic E-state index is 4.90. The van der Waals surface area contributed by atoms with E-state index in [1.54, 1.807) is 0 Å².